The molecule has 0 radical (unpaired) electrons. The molecule has 0 unspecified atom stereocenters. The lowest BCUT2D eigenvalue weighted by atomic mass is 9.87. The first kappa shape index (κ1) is 14.5. The van der Waals surface area contributed by atoms with Gasteiger partial charge in [-0.25, -0.2) is 0 Å². The van der Waals surface area contributed by atoms with Gasteiger partial charge < -0.3 is 0 Å². The van der Waals surface area contributed by atoms with Gasteiger partial charge in [0.2, 0.25) is 0 Å². The Kier molecular flexibility index (Phi) is 5.64. The number of rotatable bonds is 1. The standard InChI is InChI=1S/C10H14.C8H10/c1-10(2,3)9-7-5-4-6-8-9;1-2-8-6-4-3-5-7-8/h4-8H,1-3H3;3-7H,2H2,1H3. The van der Waals surface area contributed by atoms with Gasteiger partial charge >= 0.3 is 0 Å². The Morgan fingerprint density at radius 1 is 0.722 bits per heavy atom. The van der Waals surface area contributed by atoms with Gasteiger partial charge in [0.15, 0.2) is 0 Å². The van der Waals surface area contributed by atoms with E-state index in [1.54, 1.807) is 0 Å². The Morgan fingerprint density at radius 2 is 1.17 bits per heavy atom. The number of hydrogen-bond donors (Lipinski definition) is 0. The van der Waals surface area contributed by atoms with Gasteiger partial charge in [-0.3, -0.25) is 0 Å². The highest BCUT2D eigenvalue weighted by atomic mass is 14.2. The summed E-state index contributed by atoms with van der Waals surface area (Å²) in [6, 6.07) is 21.0. The van der Waals surface area contributed by atoms with Crippen LogP contribution in [0.15, 0.2) is 60.7 Å². The van der Waals surface area contributed by atoms with Crippen molar-refractivity contribution in [3.05, 3.63) is 71.8 Å². The molecule has 96 valence electrons. The highest BCUT2D eigenvalue weighted by Crippen LogP contribution is 2.20. The van der Waals surface area contributed by atoms with Crippen LogP contribution in [0, 0.1) is 0 Å². The van der Waals surface area contributed by atoms with E-state index in [2.05, 4.69) is 82.3 Å². The molecule has 0 fully saturated rings. The van der Waals surface area contributed by atoms with Crippen molar-refractivity contribution in [3.63, 3.8) is 0 Å². The second-order valence-corrected chi connectivity index (χ2v) is 5.46. The first-order chi connectivity index (χ1) is 8.54. The molecular formula is C18H24. The Hall–Kier alpha value is -1.56. The van der Waals surface area contributed by atoms with E-state index in [0.717, 1.165) is 6.42 Å². The molecule has 0 N–H and O–H groups in total. The van der Waals surface area contributed by atoms with Crippen molar-refractivity contribution in [2.24, 2.45) is 0 Å². The quantitative estimate of drug-likeness (QED) is 0.640. The maximum absolute atomic E-state index is 2.22. The number of hydrogen-bond acceptors (Lipinski definition) is 0. The molecule has 0 nitrogen and oxygen atoms in total. The van der Waals surface area contributed by atoms with E-state index in [4.69, 9.17) is 0 Å². The molecule has 0 aliphatic carbocycles. The fourth-order valence-electron chi connectivity index (χ4n) is 1.65. The molecule has 0 aliphatic heterocycles. The summed E-state index contributed by atoms with van der Waals surface area (Å²) in [5.41, 5.74) is 3.10. The van der Waals surface area contributed by atoms with E-state index in [9.17, 15) is 0 Å². The molecule has 0 aliphatic rings. The summed E-state index contributed by atoms with van der Waals surface area (Å²) >= 11 is 0. The van der Waals surface area contributed by atoms with Crippen LogP contribution in [0.2, 0.25) is 0 Å². The molecular weight excluding hydrogens is 216 g/mol. The van der Waals surface area contributed by atoms with Crippen molar-refractivity contribution in [2.45, 2.75) is 39.5 Å². The van der Waals surface area contributed by atoms with Gasteiger partial charge in [-0.15, -0.1) is 0 Å². The molecule has 0 heteroatoms. The summed E-state index contributed by atoms with van der Waals surface area (Å²) in [4.78, 5) is 0. The van der Waals surface area contributed by atoms with Crippen molar-refractivity contribution in [1.29, 1.82) is 0 Å². The van der Waals surface area contributed by atoms with Gasteiger partial charge in [-0.05, 0) is 23.0 Å². The molecule has 0 atom stereocenters. The first-order valence-corrected chi connectivity index (χ1v) is 6.63. The van der Waals surface area contributed by atoms with Gasteiger partial charge in [0.05, 0.1) is 0 Å². The maximum Gasteiger partial charge on any atom is -0.0132 e. The molecule has 0 saturated heterocycles. The smallest absolute Gasteiger partial charge is 0.0132 e. The SMILES string of the molecule is CC(C)(C)c1ccccc1.CCc1ccccc1. The van der Waals surface area contributed by atoms with E-state index >= 15 is 0 Å². The molecule has 0 bridgehead atoms. The zero-order chi connectivity index (χ0) is 13.4. The van der Waals surface area contributed by atoms with Crippen molar-refractivity contribution in [3.8, 4) is 0 Å². The van der Waals surface area contributed by atoms with Gasteiger partial charge in [0.1, 0.15) is 0 Å². The highest BCUT2D eigenvalue weighted by Gasteiger charge is 2.11. The van der Waals surface area contributed by atoms with Crippen LogP contribution in [0.25, 0.3) is 0 Å². The number of benzene rings is 2. The minimum Gasteiger partial charge on any atom is -0.0622 e. The Bertz CT molecular complexity index is 421. The van der Waals surface area contributed by atoms with Crippen LogP contribution in [0.3, 0.4) is 0 Å². The van der Waals surface area contributed by atoms with Crippen LogP contribution in [-0.2, 0) is 11.8 Å². The van der Waals surface area contributed by atoms with Crippen LogP contribution in [0.1, 0.15) is 38.8 Å². The predicted octanol–water partition coefficient (Wildman–Crippen LogP) is 5.23. The van der Waals surface area contributed by atoms with E-state index in [-0.39, 0.29) is 0 Å². The largest absolute Gasteiger partial charge is 0.0622 e. The Labute approximate surface area is 112 Å². The van der Waals surface area contributed by atoms with Crippen molar-refractivity contribution in [2.75, 3.05) is 0 Å². The third-order valence-electron chi connectivity index (χ3n) is 2.89. The molecule has 2 rings (SSSR count). The minimum absolute atomic E-state index is 0.293. The average molecular weight is 240 g/mol. The average Bonchev–Trinajstić information content (AvgIpc) is 2.40. The predicted molar refractivity (Wildman–Crippen MR) is 81.0 cm³/mol. The summed E-state index contributed by atoms with van der Waals surface area (Å²) in [6.07, 6.45) is 1.14. The van der Waals surface area contributed by atoms with Crippen molar-refractivity contribution in [1.82, 2.24) is 0 Å². The monoisotopic (exact) mass is 240 g/mol. The van der Waals surface area contributed by atoms with E-state index in [1.807, 2.05) is 6.07 Å². The molecule has 2 aromatic carbocycles. The zero-order valence-corrected chi connectivity index (χ0v) is 12.0. The van der Waals surface area contributed by atoms with E-state index < -0.39 is 0 Å². The zero-order valence-electron chi connectivity index (χ0n) is 12.0. The van der Waals surface area contributed by atoms with Gasteiger partial charge in [0, 0.05) is 0 Å². The van der Waals surface area contributed by atoms with E-state index in [0.29, 0.717) is 5.41 Å². The van der Waals surface area contributed by atoms with Crippen LogP contribution < -0.4 is 0 Å². The summed E-state index contributed by atoms with van der Waals surface area (Å²) in [5.74, 6) is 0. The normalized spacial score (nSPS) is 10.4. The van der Waals surface area contributed by atoms with Crippen LogP contribution in [0.5, 0.6) is 0 Å². The van der Waals surface area contributed by atoms with Crippen molar-refractivity contribution < 1.29 is 0 Å². The molecule has 0 aromatic heterocycles. The molecule has 0 spiro atoms. The summed E-state index contributed by atoms with van der Waals surface area (Å²) in [5, 5.41) is 0. The third-order valence-corrected chi connectivity index (χ3v) is 2.89. The van der Waals surface area contributed by atoms with E-state index in [1.165, 1.54) is 11.1 Å². The van der Waals surface area contributed by atoms with Crippen LogP contribution >= 0.6 is 0 Å². The van der Waals surface area contributed by atoms with Gasteiger partial charge in [-0.1, -0.05) is 88.4 Å². The second-order valence-electron chi connectivity index (χ2n) is 5.46. The molecule has 0 heterocycles. The fourth-order valence-corrected chi connectivity index (χ4v) is 1.65. The highest BCUT2D eigenvalue weighted by molar-refractivity contribution is 5.22. The Morgan fingerprint density at radius 3 is 1.44 bits per heavy atom. The Balaban J connectivity index is 0.000000184. The minimum atomic E-state index is 0.293. The van der Waals surface area contributed by atoms with Gasteiger partial charge in [0.25, 0.3) is 0 Å². The van der Waals surface area contributed by atoms with Crippen LogP contribution in [-0.4, -0.2) is 0 Å². The van der Waals surface area contributed by atoms with Crippen LogP contribution in [0.4, 0.5) is 0 Å². The molecule has 0 amide bonds. The summed E-state index contributed by atoms with van der Waals surface area (Å²) in [6.45, 7) is 8.84. The summed E-state index contributed by atoms with van der Waals surface area (Å²) < 4.78 is 0. The lowest BCUT2D eigenvalue weighted by Gasteiger charge is -2.18. The van der Waals surface area contributed by atoms with Crippen molar-refractivity contribution >= 4 is 0 Å². The molecule has 2 aromatic rings. The third kappa shape index (κ3) is 5.18. The summed E-state index contributed by atoms with van der Waals surface area (Å²) in [7, 11) is 0. The lowest BCUT2D eigenvalue weighted by Crippen LogP contribution is -2.10. The second kappa shape index (κ2) is 7.00. The van der Waals surface area contributed by atoms with Gasteiger partial charge in [-0.2, -0.15) is 0 Å². The number of aryl methyl sites for hydroxylation is 1. The molecule has 0 saturated carbocycles. The maximum atomic E-state index is 2.22. The fraction of sp³-hybridized carbons (Fsp3) is 0.333. The first-order valence-electron chi connectivity index (χ1n) is 6.63. The molecule has 18 heavy (non-hydrogen) atoms. The lowest BCUT2D eigenvalue weighted by molar-refractivity contribution is 0.590. The topological polar surface area (TPSA) is 0 Å².